The van der Waals surface area contributed by atoms with Crippen molar-refractivity contribution in [2.75, 3.05) is 6.26 Å². The normalized spacial score (nSPS) is 37.7. The topological polar surface area (TPSA) is 57.9 Å². The second-order valence-electron chi connectivity index (χ2n) is 6.84. The molecule has 3 rings (SSSR count). The summed E-state index contributed by atoms with van der Waals surface area (Å²) >= 11 is 0. The van der Waals surface area contributed by atoms with E-state index >= 15 is 0 Å². The standard InChI is InChI=1S/C14H21NO2S/c1-18(16,17)13(11-4-5-11)12-7-14(8-12,9-15)6-10-2-3-10/h10-13H,2-8H2,1H3. The van der Waals surface area contributed by atoms with Gasteiger partial charge in [0.1, 0.15) is 0 Å². The molecule has 3 fully saturated rings. The third-order valence-corrected chi connectivity index (χ3v) is 6.72. The van der Waals surface area contributed by atoms with Crippen molar-refractivity contribution in [3.05, 3.63) is 0 Å². The largest absolute Gasteiger partial charge is 0.229 e. The molecule has 1 unspecified atom stereocenters. The molecule has 100 valence electrons. The highest BCUT2D eigenvalue weighted by Crippen LogP contribution is 2.57. The van der Waals surface area contributed by atoms with Crippen molar-refractivity contribution in [2.24, 2.45) is 23.2 Å². The van der Waals surface area contributed by atoms with Gasteiger partial charge < -0.3 is 0 Å². The number of rotatable bonds is 5. The summed E-state index contributed by atoms with van der Waals surface area (Å²) in [6.45, 7) is 0. The van der Waals surface area contributed by atoms with E-state index in [4.69, 9.17) is 0 Å². The van der Waals surface area contributed by atoms with E-state index in [1.54, 1.807) is 0 Å². The molecule has 0 aliphatic heterocycles. The van der Waals surface area contributed by atoms with Crippen molar-refractivity contribution < 1.29 is 8.42 Å². The fourth-order valence-electron chi connectivity index (χ4n) is 3.86. The minimum Gasteiger partial charge on any atom is -0.229 e. The van der Waals surface area contributed by atoms with E-state index in [0.29, 0.717) is 5.92 Å². The molecule has 3 saturated carbocycles. The zero-order chi connectivity index (χ0) is 13.0. The van der Waals surface area contributed by atoms with Gasteiger partial charge in [0, 0.05) is 6.26 Å². The van der Waals surface area contributed by atoms with E-state index in [0.717, 1.165) is 38.0 Å². The summed E-state index contributed by atoms with van der Waals surface area (Å²) in [6.07, 6.45) is 8.72. The second-order valence-corrected chi connectivity index (χ2v) is 9.04. The maximum absolute atomic E-state index is 11.9. The Kier molecular flexibility index (Phi) is 2.75. The van der Waals surface area contributed by atoms with E-state index in [2.05, 4.69) is 6.07 Å². The van der Waals surface area contributed by atoms with Crippen LogP contribution in [0.15, 0.2) is 0 Å². The van der Waals surface area contributed by atoms with Crippen LogP contribution in [0.25, 0.3) is 0 Å². The van der Waals surface area contributed by atoms with E-state index in [1.165, 1.54) is 19.1 Å². The first-order chi connectivity index (χ1) is 8.43. The molecule has 0 saturated heterocycles. The summed E-state index contributed by atoms with van der Waals surface area (Å²) in [5.41, 5.74) is -0.177. The predicted molar refractivity (Wildman–Crippen MR) is 69.5 cm³/mol. The van der Waals surface area contributed by atoms with E-state index in [-0.39, 0.29) is 16.6 Å². The quantitative estimate of drug-likeness (QED) is 0.769. The van der Waals surface area contributed by atoms with Gasteiger partial charge in [0.15, 0.2) is 9.84 Å². The van der Waals surface area contributed by atoms with Crippen LogP contribution >= 0.6 is 0 Å². The Hall–Kier alpha value is -0.560. The van der Waals surface area contributed by atoms with Crippen LogP contribution in [0.2, 0.25) is 0 Å². The lowest BCUT2D eigenvalue weighted by Crippen LogP contribution is -2.46. The smallest absolute Gasteiger partial charge is 0.150 e. The number of sulfone groups is 1. The van der Waals surface area contributed by atoms with Gasteiger partial charge in [0.05, 0.1) is 16.7 Å². The van der Waals surface area contributed by atoms with Crippen LogP contribution in [0.3, 0.4) is 0 Å². The third kappa shape index (κ3) is 2.30. The lowest BCUT2D eigenvalue weighted by Gasteiger charge is -2.46. The summed E-state index contributed by atoms with van der Waals surface area (Å²) in [5, 5.41) is 9.22. The fourth-order valence-corrected chi connectivity index (χ4v) is 5.73. The summed E-state index contributed by atoms with van der Waals surface area (Å²) in [4.78, 5) is 0. The van der Waals surface area contributed by atoms with Gasteiger partial charge in [0.25, 0.3) is 0 Å². The van der Waals surface area contributed by atoms with Crippen molar-refractivity contribution in [3.8, 4) is 6.07 Å². The fraction of sp³-hybridized carbons (Fsp3) is 0.929. The molecule has 0 aromatic carbocycles. The Bertz CT molecular complexity index is 476. The molecule has 3 aliphatic carbocycles. The Balaban J connectivity index is 1.67. The molecular weight excluding hydrogens is 246 g/mol. The molecule has 3 aliphatic rings. The first-order valence-corrected chi connectivity index (χ1v) is 8.99. The Labute approximate surface area is 109 Å². The highest BCUT2D eigenvalue weighted by molar-refractivity contribution is 7.91. The molecule has 18 heavy (non-hydrogen) atoms. The average Bonchev–Trinajstić information content (AvgIpc) is 3.06. The predicted octanol–water partition coefficient (Wildman–Crippen LogP) is 2.53. The molecule has 3 nitrogen and oxygen atoms in total. The number of hydrogen-bond donors (Lipinski definition) is 0. The summed E-state index contributed by atoms with van der Waals surface area (Å²) in [6, 6.07) is 2.49. The van der Waals surface area contributed by atoms with E-state index in [9.17, 15) is 13.7 Å². The van der Waals surface area contributed by atoms with Gasteiger partial charge in [-0.3, -0.25) is 0 Å². The van der Waals surface area contributed by atoms with Gasteiger partial charge in [-0.15, -0.1) is 0 Å². The van der Waals surface area contributed by atoms with Crippen LogP contribution in [0.1, 0.15) is 44.9 Å². The molecule has 0 radical (unpaired) electrons. The van der Waals surface area contributed by atoms with Gasteiger partial charge >= 0.3 is 0 Å². The molecule has 0 heterocycles. The van der Waals surface area contributed by atoms with Crippen LogP contribution in [0, 0.1) is 34.5 Å². The van der Waals surface area contributed by atoms with Crippen LogP contribution in [0.5, 0.6) is 0 Å². The first-order valence-electron chi connectivity index (χ1n) is 7.04. The average molecular weight is 267 g/mol. The third-order valence-electron chi connectivity index (χ3n) is 4.96. The molecule has 0 N–H and O–H groups in total. The molecule has 0 spiro atoms. The van der Waals surface area contributed by atoms with Gasteiger partial charge in [-0.25, -0.2) is 8.42 Å². The zero-order valence-corrected chi connectivity index (χ0v) is 11.7. The van der Waals surface area contributed by atoms with Gasteiger partial charge in [-0.1, -0.05) is 12.8 Å². The highest BCUT2D eigenvalue weighted by atomic mass is 32.2. The molecule has 0 aromatic heterocycles. The van der Waals surface area contributed by atoms with Crippen LogP contribution in [0.4, 0.5) is 0 Å². The lowest BCUT2D eigenvalue weighted by atomic mass is 9.59. The summed E-state index contributed by atoms with van der Waals surface area (Å²) < 4.78 is 23.8. The second kappa shape index (κ2) is 3.96. The zero-order valence-electron chi connectivity index (χ0n) is 10.9. The van der Waals surface area contributed by atoms with Gasteiger partial charge in [-0.05, 0) is 49.9 Å². The van der Waals surface area contributed by atoms with Crippen molar-refractivity contribution >= 4 is 9.84 Å². The van der Waals surface area contributed by atoms with Crippen molar-refractivity contribution in [3.63, 3.8) is 0 Å². The maximum Gasteiger partial charge on any atom is 0.150 e. The molecular formula is C14H21NO2S. The summed E-state index contributed by atoms with van der Waals surface area (Å²) in [7, 11) is -2.94. The SMILES string of the molecule is CS(=O)(=O)C(C1CC1)C1CC(C#N)(CC2CC2)C1. The lowest BCUT2D eigenvalue weighted by molar-refractivity contribution is 0.0904. The Morgan fingerprint density at radius 1 is 1.22 bits per heavy atom. The minimum absolute atomic E-state index is 0.154. The Morgan fingerprint density at radius 2 is 1.83 bits per heavy atom. The summed E-state index contributed by atoms with van der Waals surface area (Å²) in [5.74, 6) is 1.40. The van der Waals surface area contributed by atoms with Crippen LogP contribution in [-0.4, -0.2) is 19.9 Å². The number of nitrogens with zero attached hydrogens (tertiary/aromatic N) is 1. The van der Waals surface area contributed by atoms with Crippen LogP contribution in [-0.2, 0) is 9.84 Å². The van der Waals surface area contributed by atoms with Crippen molar-refractivity contribution in [2.45, 2.75) is 50.2 Å². The Morgan fingerprint density at radius 3 is 2.22 bits per heavy atom. The first kappa shape index (κ1) is 12.5. The highest BCUT2D eigenvalue weighted by Gasteiger charge is 2.54. The van der Waals surface area contributed by atoms with Crippen molar-refractivity contribution in [1.82, 2.24) is 0 Å². The number of nitriles is 1. The minimum atomic E-state index is -2.94. The monoisotopic (exact) mass is 267 g/mol. The van der Waals surface area contributed by atoms with E-state index < -0.39 is 9.84 Å². The van der Waals surface area contributed by atoms with Gasteiger partial charge in [0.2, 0.25) is 0 Å². The molecule has 1 atom stereocenters. The van der Waals surface area contributed by atoms with Gasteiger partial charge in [-0.2, -0.15) is 5.26 Å². The maximum atomic E-state index is 11.9. The molecule has 4 heteroatoms. The van der Waals surface area contributed by atoms with E-state index in [1.807, 2.05) is 0 Å². The molecule has 0 bridgehead atoms. The molecule has 0 amide bonds. The molecule has 0 aromatic rings. The van der Waals surface area contributed by atoms with Crippen LogP contribution < -0.4 is 0 Å². The number of hydrogen-bond acceptors (Lipinski definition) is 3. The van der Waals surface area contributed by atoms with Crippen molar-refractivity contribution in [1.29, 1.82) is 5.26 Å².